The average molecular weight is 339 g/mol. The lowest BCUT2D eigenvalue weighted by Gasteiger charge is -2.32. The number of ether oxygens (including phenoxy) is 1. The van der Waals surface area contributed by atoms with Crippen molar-refractivity contribution in [2.24, 2.45) is 0 Å². The second-order valence-corrected chi connectivity index (χ2v) is 7.26. The molecule has 1 aliphatic heterocycles. The summed E-state index contributed by atoms with van der Waals surface area (Å²) in [5.74, 6) is -0.572. The monoisotopic (exact) mass is 338 g/mol. The Morgan fingerprint density at radius 1 is 1.26 bits per heavy atom. The Morgan fingerprint density at radius 3 is 2.26 bits per heavy atom. The molecule has 6 heteroatoms. The predicted octanol–water partition coefficient (Wildman–Crippen LogP) is 3.31. The van der Waals surface area contributed by atoms with Crippen LogP contribution in [0.25, 0.3) is 0 Å². The van der Waals surface area contributed by atoms with Gasteiger partial charge in [0.25, 0.3) is 0 Å². The molecule has 1 unspecified atom stereocenters. The van der Waals surface area contributed by atoms with Crippen LogP contribution in [0.2, 0.25) is 5.02 Å². The van der Waals surface area contributed by atoms with Crippen molar-refractivity contribution in [3.63, 3.8) is 0 Å². The van der Waals surface area contributed by atoms with Crippen LogP contribution in [0.3, 0.4) is 0 Å². The van der Waals surface area contributed by atoms with Crippen molar-refractivity contribution < 1.29 is 18.8 Å². The molecule has 4 nitrogen and oxygen atoms in total. The first-order valence-corrected chi connectivity index (χ1v) is 8.23. The predicted molar refractivity (Wildman–Crippen MR) is 92.2 cm³/mol. The van der Waals surface area contributed by atoms with Gasteiger partial charge >= 0.3 is 13.1 Å². The molecule has 0 amide bonds. The van der Waals surface area contributed by atoms with E-state index < -0.39 is 18.3 Å². The maximum Gasteiger partial charge on any atom is 0.496 e. The van der Waals surface area contributed by atoms with Crippen LogP contribution in [0.15, 0.2) is 18.2 Å². The van der Waals surface area contributed by atoms with E-state index in [1.165, 1.54) is 7.11 Å². The second kappa shape index (κ2) is 6.46. The molecule has 0 radical (unpaired) electrons. The quantitative estimate of drug-likeness (QED) is 0.624. The van der Waals surface area contributed by atoms with Crippen LogP contribution in [0.1, 0.15) is 52.5 Å². The zero-order valence-corrected chi connectivity index (χ0v) is 15.4. The first kappa shape index (κ1) is 18.3. The van der Waals surface area contributed by atoms with Gasteiger partial charge in [0.1, 0.15) is 0 Å². The van der Waals surface area contributed by atoms with E-state index in [-0.39, 0.29) is 11.9 Å². The van der Waals surface area contributed by atoms with Gasteiger partial charge in [0.2, 0.25) is 0 Å². The van der Waals surface area contributed by atoms with E-state index in [9.17, 15) is 4.79 Å². The van der Waals surface area contributed by atoms with E-state index in [4.69, 9.17) is 25.6 Å². The fourth-order valence-corrected chi connectivity index (χ4v) is 2.88. The van der Waals surface area contributed by atoms with Crippen LogP contribution < -0.4 is 5.46 Å². The van der Waals surface area contributed by atoms with Crippen molar-refractivity contribution in [2.75, 3.05) is 7.11 Å². The highest BCUT2D eigenvalue weighted by Gasteiger charge is 2.52. The standard InChI is InChI=1S/C17H24BClO4/c1-7-12(15(20)21-6)11-8-9-13(14(19)10-11)18-22-16(2,3)17(4,5)23-18/h8-10,12H,7H2,1-6H3. The number of hydrogen-bond acceptors (Lipinski definition) is 4. The minimum atomic E-state index is -0.514. The molecule has 1 saturated heterocycles. The van der Waals surface area contributed by atoms with Gasteiger partial charge in [-0.05, 0) is 45.7 Å². The summed E-state index contributed by atoms with van der Waals surface area (Å²) < 4.78 is 16.9. The van der Waals surface area contributed by atoms with Gasteiger partial charge in [-0.3, -0.25) is 4.79 Å². The number of methoxy groups -OCH3 is 1. The molecule has 1 aromatic carbocycles. The number of carbonyl (C=O) groups excluding carboxylic acids is 1. The van der Waals surface area contributed by atoms with Crippen LogP contribution in [-0.4, -0.2) is 31.4 Å². The summed E-state index contributed by atoms with van der Waals surface area (Å²) in [5, 5.41) is 0.531. The number of carbonyl (C=O) groups is 1. The molecular weight excluding hydrogens is 314 g/mol. The number of hydrogen-bond donors (Lipinski definition) is 0. The molecule has 1 heterocycles. The summed E-state index contributed by atoms with van der Waals surface area (Å²) in [6.07, 6.45) is 0.652. The largest absolute Gasteiger partial charge is 0.496 e. The normalized spacial score (nSPS) is 20.4. The van der Waals surface area contributed by atoms with Crippen molar-refractivity contribution in [1.82, 2.24) is 0 Å². The minimum Gasteiger partial charge on any atom is -0.469 e. The summed E-state index contributed by atoms with van der Waals surface area (Å²) in [4.78, 5) is 11.9. The summed E-state index contributed by atoms with van der Waals surface area (Å²) >= 11 is 6.43. The van der Waals surface area contributed by atoms with Crippen LogP contribution in [0.4, 0.5) is 0 Å². The molecule has 126 valence electrons. The van der Waals surface area contributed by atoms with Crippen molar-refractivity contribution in [1.29, 1.82) is 0 Å². The lowest BCUT2D eigenvalue weighted by atomic mass is 9.78. The van der Waals surface area contributed by atoms with Crippen LogP contribution in [-0.2, 0) is 18.8 Å². The lowest BCUT2D eigenvalue weighted by Crippen LogP contribution is -2.41. The Hall–Kier alpha value is -1.04. The Labute approximate surface area is 143 Å². The molecule has 0 bridgehead atoms. The first-order valence-electron chi connectivity index (χ1n) is 7.85. The van der Waals surface area contributed by atoms with E-state index >= 15 is 0 Å². The molecule has 2 rings (SSSR count). The molecule has 1 atom stereocenters. The molecule has 0 spiro atoms. The van der Waals surface area contributed by atoms with Gasteiger partial charge in [0.15, 0.2) is 0 Å². The van der Waals surface area contributed by atoms with E-state index in [2.05, 4.69) is 0 Å². The maximum absolute atomic E-state index is 11.9. The van der Waals surface area contributed by atoms with Gasteiger partial charge in [0.05, 0.1) is 24.2 Å². The first-order chi connectivity index (χ1) is 10.6. The van der Waals surface area contributed by atoms with E-state index in [1.54, 1.807) is 6.07 Å². The highest BCUT2D eigenvalue weighted by Crippen LogP contribution is 2.37. The van der Waals surface area contributed by atoms with Crippen molar-refractivity contribution in [3.05, 3.63) is 28.8 Å². The minimum absolute atomic E-state index is 0.257. The molecule has 0 aliphatic carbocycles. The third-order valence-electron chi connectivity index (χ3n) is 4.83. The van der Waals surface area contributed by atoms with Crippen LogP contribution >= 0.6 is 11.6 Å². The smallest absolute Gasteiger partial charge is 0.469 e. The fraction of sp³-hybridized carbons (Fsp3) is 0.588. The Bertz CT molecular complexity index is 584. The number of esters is 1. The van der Waals surface area contributed by atoms with Gasteiger partial charge in [0, 0.05) is 10.5 Å². The lowest BCUT2D eigenvalue weighted by molar-refractivity contribution is -0.142. The van der Waals surface area contributed by atoms with Crippen molar-refractivity contribution >= 4 is 30.2 Å². The van der Waals surface area contributed by atoms with Gasteiger partial charge in [-0.2, -0.15) is 0 Å². The summed E-state index contributed by atoms with van der Waals surface area (Å²) in [5.41, 5.74) is 0.772. The third-order valence-corrected chi connectivity index (χ3v) is 5.16. The number of benzene rings is 1. The summed E-state index contributed by atoms with van der Waals surface area (Å²) in [7, 11) is 0.880. The molecule has 0 N–H and O–H groups in total. The molecule has 1 fully saturated rings. The number of halogens is 1. The Balaban J connectivity index is 2.29. The zero-order chi connectivity index (χ0) is 17.4. The highest BCUT2D eigenvalue weighted by molar-refractivity contribution is 6.65. The van der Waals surface area contributed by atoms with E-state index in [1.807, 2.05) is 46.8 Å². The van der Waals surface area contributed by atoms with Gasteiger partial charge in [-0.25, -0.2) is 0 Å². The van der Waals surface area contributed by atoms with Gasteiger partial charge in [-0.15, -0.1) is 0 Å². The Kier molecular flexibility index (Phi) is 5.14. The average Bonchev–Trinajstić information content (AvgIpc) is 2.67. The second-order valence-electron chi connectivity index (χ2n) is 6.85. The topological polar surface area (TPSA) is 44.8 Å². The number of rotatable bonds is 4. The molecule has 1 aliphatic rings. The summed E-state index contributed by atoms with van der Waals surface area (Å²) in [6, 6.07) is 5.55. The van der Waals surface area contributed by atoms with Gasteiger partial charge in [-0.1, -0.05) is 30.7 Å². The van der Waals surface area contributed by atoms with Crippen LogP contribution in [0, 0.1) is 0 Å². The zero-order valence-electron chi connectivity index (χ0n) is 14.6. The maximum atomic E-state index is 11.9. The van der Waals surface area contributed by atoms with Gasteiger partial charge < -0.3 is 14.0 Å². The molecule has 0 saturated carbocycles. The highest BCUT2D eigenvalue weighted by atomic mass is 35.5. The third kappa shape index (κ3) is 3.42. The molecule has 1 aromatic rings. The van der Waals surface area contributed by atoms with E-state index in [0.29, 0.717) is 11.4 Å². The molecule has 23 heavy (non-hydrogen) atoms. The van der Waals surface area contributed by atoms with Crippen molar-refractivity contribution in [2.45, 2.75) is 58.2 Å². The van der Waals surface area contributed by atoms with Crippen molar-refractivity contribution in [3.8, 4) is 0 Å². The SMILES string of the molecule is CCC(C(=O)OC)c1ccc(B2OC(C)(C)C(C)(C)O2)c(Cl)c1. The fourth-order valence-electron chi connectivity index (χ4n) is 2.60. The molecule has 0 aromatic heterocycles. The van der Waals surface area contributed by atoms with E-state index in [0.717, 1.165) is 11.0 Å². The van der Waals surface area contributed by atoms with Crippen LogP contribution in [0.5, 0.6) is 0 Å². The summed E-state index contributed by atoms with van der Waals surface area (Å²) in [6.45, 7) is 9.94. The molecular formula is C17H24BClO4. The Morgan fingerprint density at radius 2 is 1.83 bits per heavy atom.